The SMILES string of the molecule is CC1(C)C[C@H]2CC3CC=C[C@]3(C)[C@H]2C1. The predicted octanol–water partition coefficient (Wildman–Crippen LogP) is 4.02. The molecule has 0 amide bonds. The zero-order valence-electron chi connectivity index (χ0n) is 9.72. The maximum absolute atomic E-state index is 2.55. The molecule has 0 bridgehead atoms. The van der Waals surface area contributed by atoms with Crippen LogP contribution in [0.5, 0.6) is 0 Å². The predicted molar refractivity (Wildman–Crippen MR) is 60.0 cm³/mol. The molecular weight excluding hydrogens is 168 g/mol. The molecule has 0 aromatic heterocycles. The smallest absolute Gasteiger partial charge is 0.00841 e. The van der Waals surface area contributed by atoms with Gasteiger partial charge < -0.3 is 0 Å². The van der Waals surface area contributed by atoms with E-state index < -0.39 is 0 Å². The molecular formula is C14H22. The molecule has 0 heterocycles. The van der Waals surface area contributed by atoms with E-state index in [9.17, 15) is 0 Å². The van der Waals surface area contributed by atoms with Gasteiger partial charge in [-0.05, 0) is 54.3 Å². The van der Waals surface area contributed by atoms with Gasteiger partial charge >= 0.3 is 0 Å². The molecule has 2 saturated carbocycles. The van der Waals surface area contributed by atoms with Crippen molar-refractivity contribution in [1.82, 2.24) is 0 Å². The highest BCUT2D eigenvalue weighted by atomic mass is 14.6. The standard InChI is InChI=1S/C14H22/c1-13(2)8-10-7-11-5-4-6-14(11,3)12(10)9-13/h4,6,10-12H,5,7-9H2,1-3H3/t10-,11?,12+,14+/m1/s1. The maximum atomic E-state index is 2.55. The molecule has 0 aromatic rings. The number of rotatable bonds is 0. The molecule has 0 spiro atoms. The lowest BCUT2D eigenvalue weighted by molar-refractivity contribution is 0.211. The van der Waals surface area contributed by atoms with Gasteiger partial charge in [-0.2, -0.15) is 0 Å². The quantitative estimate of drug-likeness (QED) is 0.506. The Kier molecular flexibility index (Phi) is 1.58. The van der Waals surface area contributed by atoms with Crippen LogP contribution in [0.1, 0.15) is 46.5 Å². The van der Waals surface area contributed by atoms with Crippen molar-refractivity contribution in [1.29, 1.82) is 0 Å². The van der Waals surface area contributed by atoms with E-state index in [1.807, 2.05) is 0 Å². The average molecular weight is 190 g/mol. The molecule has 0 radical (unpaired) electrons. The van der Waals surface area contributed by atoms with E-state index in [1.165, 1.54) is 25.7 Å². The summed E-state index contributed by atoms with van der Waals surface area (Å²) in [7, 11) is 0. The fraction of sp³-hybridized carbons (Fsp3) is 0.857. The molecule has 0 N–H and O–H groups in total. The summed E-state index contributed by atoms with van der Waals surface area (Å²) in [6.45, 7) is 7.44. The van der Waals surface area contributed by atoms with E-state index in [-0.39, 0.29) is 0 Å². The Morgan fingerprint density at radius 1 is 1.14 bits per heavy atom. The van der Waals surface area contributed by atoms with Crippen LogP contribution in [-0.2, 0) is 0 Å². The van der Waals surface area contributed by atoms with Gasteiger partial charge in [-0.15, -0.1) is 0 Å². The van der Waals surface area contributed by atoms with Crippen LogP contribution in [0.15, 0.2) is 12.2 Å². The van der Waals surface area contributed by atoms with Gasteiger partial charge in [0, 0.05) is 0 Å². The van der Waals surface area contributed by atoms with E-state index in [1.54, 1.807) is 0 Å². The highest BCUT2D eigenvalue weighted by molar-refractivity contribution is 5.19. The van der Waals surface area contributed by atoms with Crippen molar-refractivity contribution >= 4 is 0 Å². The van der Waals surface area contributed by atoms with Crippen LogP contribution in [0.2, 0.25) is 0 Å². The van der Waals surface area contributed by atoms with E-state index in [0.29, 0.717) is 10.8 Å². The summed E-state index contributed by atoms with van der Waals surface area (Å²) in [5, 5.41) is 0. The molecule has 78 valence electrons. The normalized spacial score (nSPS) is 53.5. The topological polar surface area (TPSA) is 0 Å². The van der Waals surface area contributed by atoms with Gasteiger partial charge in [0.15, 0.2) is 0 Å². The maximum Gasteiger partial charge on any atom is -0.00841 e. The Bertz CT molecular complexity index is 286. The summed E-state index contributed by atoms with van der Waals surface area (Å²) < 4.78 is 0. The van der Waals surface area contributed by atoms with Crippen LogP contribution in [0.4, 0.5) is 0 Å². The molecule has 0 saturated heterocycles. The monoisotopic (exact) mass is 190 g/mol. The van der Waals surface area contributed by atoms with E-state index in [2.05, 4.69) is 32.9 Å². The van der Waals surface area contributed by atoms with Crippen LogP contribution < -0.4 is 0 Å². The molecule has 3 aliphatic rings. The third-order valence-corrected chi connectivity index (χ3v) is 5.32. The van der Waals surface area contributed by atoms with E-state index in [4.69, 9.17) is 0 Å². The van der Waals surface area contributed by atoms with Crippen molar-refractivity contribution in [2.75, 3.05) is 0 Å². The fourth-order valence-corrected chi connectivity index (χ4v) is 4.69. The first kappa shape index (κ1) is 9.00. The first-order valence-corrected chi connectivity index (χ1v) is 6.19. The Labute approximate surface area is 87.8 Å². The molecule has 3 aliphatic carbocycles. The van der Waals surface area contributed by atoms with Crippen molar-refractivity contribution in [2.45, 2.75) is 46.5 Å². The van der Waals surface area contributed by atoms with Crippen LogP contribution in [0, 0.1) is 28.6 Å². The van der Waals surface area contributed by atoms with Crippen molar-refractivity contribution in [3.8, 4) is 0 Å². The van der Waals surface area contributed by atoms with Gasteiger partial charge in [0.05, 0.1) is 0 Å². The lowest BCUT2D eigenvalue weighted by atomic mass is 9.73. The Balaban J connectivity index is 1.93. The molecule has 1 unspecified atom stereocenters. The highest BCUT2D eigenvalue weighted by Crippen LogP contribution is 2.65. The number of allylic oxidation sites excluding steroid dienone is 2. The molecule has 3 rings (SSSR count). The largest absolute Gasteiger partial charge is 0.0877 e. The summed E-state index contributed by atoms with van der Waals surface area (Å²) in [5.74, 6) is 3.04. The molecule has 2 fully saturated rings. The first-order chi connectivity index (χ1) is 6.51. The Morgan fingerprint density at radius 3 is 2.71 bits per heavy atom. The second-order valence-corrected chi connectivity index (χ2v) is 6.88. The van der Waals surface area contributed by atoms with Crippen molar-refractivity contribution in [3.05, 3.63) is 12.2 Å². The van der Waals surface area contributed by atoms with E-state index in [0.717, 1.165) is 17.8 Å². The van der Waals surface area contributed by atoms with Crippen molar-refractivity contribution in [2.24, 2.45) is 28.6 Å². The lowest BCUT2D eigenvalue weighted by Gasteiger charge is -2.31. The van der Waals surface area contributed by atoms with Gasteiger partial charge in [-0.1, -0.05) is 32.9 Å². The Morgan fingerprint density at radius 2 is 1.93 bits per heavy atom. The zero-order chi connectivity index (χ0) is 9.97. The summed E-state index contributed by atoms with van der Waals surface area (Å²) in [4.78, 5) is 0. The van der Waals surface area contributed by atoms with Crippen LogP contribution in [0.25, 0.3) is 0 Å². The fourth-order valence-electron chi connectivity index (χ4n) is 4.69. The van der Waals surface area contributed by atoms with Crippen molar-refractivity contribution in [3.63, 3.8) is 0 Å². The number of hydrogen-bond donors (Lipinski definition) is 0. The highest BCUT2D eigenvalue weighted by Gasteiger charge is 2.56. The third-order valence-electron chi connectivity index (χ3n) is 5.32. The van der Waals surface area contributed by atoms with Gasteiger partial charge in [-0.3, -0.25) is 0 Å². The Hall–Kier alpha value is -0.260. The van der Waals surface area contributed by atoms with E-state index >= 15 is 0 Å². The third kappa shape index (κ3) is 1.00. The molecule has 0 aromatic carbocycles. The molecule has 14 heavy (non-hydrogen) atoms. The lowest BCUT2D eigenvalue weighted by Crippen LogP contribution is -2.24. The number of fused-ring (bicyclic) bond motifs is 3. The van der Waals surface area contributed by atoms with Gasteiger partial charge in [0.25, 0.3) is 0 Å². The number of hydrogen-bond acceptors (Lipinski definition) is 0. The second-order valence-electron chi connectivity index (χ2n) is 6.88. The summed E-state index contributed by atoms with van der Waals surface area (Å²) in [6.07, 6.45) is 10.8. The minimum atomic E-state index is 0.582. The molecule has 4 atom stereocenters. The average Bonchev–Trinajstić information content (AvgIpc) is 2.60. The first-order valence-electron chi connectivity index (χ1n) is 6.19. The molecule has 0 heteroatoms. The minimum Gasteiger partial charge on any atom is -0.0877 e. The van der Waals surface area contributed by atoms with Crippen LogP contribution >= 0.6 is 0 Å². The minimum absolute atomic E-state index is 0.582. The molecule has 0 nitrogen and oxygen atoms in total. The van der Waals surface area contributed by atoms with Crippen LogP contribution in [0.3, 0.4) is 0 Å². The summed E-state index contributed by atoms with van der Waals surface area (Å²) in [6, 6.07) is 0. The second kappa shape index (κ2) is 2.46. The zero-order valence-corrected chi connectivity index (χ0v) is 9.72. The van der Waals surface area contributed by atoms with Gasteiger partial charge in [-0.25, -0.2) is 0 Å². The van der Waals surface area contributed by atoms with Gasteiger partial charge in [0.2, 0.25) is 0 Å². The summed E-state index contributed by atoms with van der Waals surface area (Å²) >= 11 is 0. The van der Waals surface area contributed by atoms with Crippen LogP contribution in [-0.4, -0.2) is 0 Å². The van der Waals surface area contributed by atoms with Gasteiger partial charge in [0.1, 0.15) is 0 Å². The van der Waals surface area contributed by atoms with Crippen molar-refractivity contribution < 1.29 is 0 Å². The molecule has 0 aliphatic heterocycles. The summed E-state index contributed by atoms with van der Waals surface area (Å²) in [5.41, 5.74) is 1.21.